The Kier molecular flexibility index (Phi) is 4.85. The van der Waals surface area contributed by atoms with Gasteiger partial charge in [0.15, 0.2) is 0 Å². The molecule has 1 aromatic rings. The quantitative estimate of drug-likeness (QED) is 0.738. The molecule has 0 radical (unpaired) electrons. The lowest BCUT2D eigenvalue weighted by atomic mass is 10.0. The van der Waals surface area contributed by atoms with Crippen LogP contribution in [0.15, 0.2) is 16.6 Å². The third-order valence-corrected chi connectivity index (χ3v) is 4.50. The van der Waals surface area contributed by atoms with Gasteiger partial charge in [-0.25, -0.2) is 4.79 Å². The van der Waals surface area contributed by atoms with Crippen molar-refractivity contribution in [3.63, 3.8) is 0 Å². The molecular weight excluding hydrogens is 356 g/mol. The number of rotatable bonds is 0. The van der Waals surface area contributed by atoms with E-state index in [0.29, 0.717) is 24.5 Å². The molecule has 2 rings (SSSR count). The molecule has 21 heavy (non-hydrogen) atoms. The number of hydrogen-bond donors (Lipinski definition) is 1. The minimum absolute atomic E-state index is 0.127. The normalized spacial score (nSPS) is 19.0. The van der Waals surface area contributed by atoms with Gasteiger partial charge in [0.1, 0.15) is 5.60 Å². The lowest BCUT2D eigenvalue weighted by Gasteiger charge is -2.26. The van der Waals surface area contributed by atoms with E-state index >= 15 is 0 Å². The first kappa shape index (κ1) is 16.6. The van der Waals surface area contributed by atoms with Crippen molar-refractivity contribution in [3.05, 3.63) is 32.8 Å². The lowest BCUT2D eigenvalue weighted by molar-refractivity contribution is 0.0235. The fourth-order valence-corrected chi connectivity index (χ4v) is 2.87. The van der Waals surface area contributed by atoms with Crippen LogP contribution >= 0.6 is 27.5 Å². The maximum absolute atomic E-state index is 12.3. The predicted molar refractivity (Wildman–Crippen MR) is 87.3 cm³/mol. The molecule has 1 atom stereocenters. The van der Waals surface area contributed by atoms with Crippen molar-refractivity contribution in [3.8, 4) is 0 Å². The Morgan fingerprint density at radius 1 is 1.48 bits per heavy atom. The molecule has 0 fully saturated rings. The molecule has 0 bridgehead atoms. The van der Waals surface area contributed by atoms with Gasteiger partial charge in [-0.2, -0.15) is 0 Å². The van der Waals surface area contributed by atoms with Gasteiger partial charge >= 0.3 is 6.09 Å². The van der Waals surface area contributed by atoms with E-state index in [0.717, 1.165) is 15.6 Å². The molecule has 1 aromatic carbocycles. The smallest absolute Gasteiger partial charge is 0.410 e. The minimum Gasteiger partial charge on any atom is -0.444 e. The first-order chi connectivity index (χ1) is 9.67. The highest BCUT2D eigenvalue weighted by molar-refractivity contribution is 9.10. The van der Waals surface area contributed by atoms with Crippen molar-refractivity contribution in [1.82, 2.24) is 4.90 Å². The largest absolute Gasteiger partial charge is 0.444 e. The molecule has 1 heterocycles. The molecule has 1 amide bonds. The van der Waals surface area contributed by atoms with Crippen LogP contribution in [0.5, 0.6) is 0 Å². The van der Waals surface area contributed by atoms with Crippen molar-refractivity contribution >= 4 is 33.6 Å². The summed E-state index contributed by atoms with van der Waals surface area (Å²) in [6.45, 7) is 6.63. The first-order valence-corrected chi connectivity index (χ1v) is 8.06. The van der Waals surface area contributed by atoms with Crippen LogP contribution in [-0.4, -0.2) is 23.1 Å². The molecule has 2 N–H and O–H groups in total. The molecule has 4 nitrogen and oxygen atoms in total. The molecule has 0 aliphatic carbocycles. The van der Waals surface area contributed by atoms with Crippen molar-refractivity contribution in [2.75, 3.05) is 6.54 Å². The Balaban J connectivity index is 2.27. The van der Waals surface area contributed by atoms with Crippen molar-refractivity contribution in [2.45, 2.75) is 45.4 Å². The maximum Gasteiger partial charge on any atom is 0.410 e. The average Bonchev–Trinajstić information content (AvgIpc) is 2.49. The van der Waals surface area contributed by atoms with E-state index in [1.807, 2.05) is 32.9 Å². The fourth-order valence-electron chi connectivity index (χ4n) is 2.30. The summed E-state index contributed by atoms with van der Waals surface area (Å²) in [5.74, 6) is 0. The SMILES string of the molecule is CC(C)(C)OC(=O)N1CCC(N)c2cc(Cl)c(Br)cc2C1. The van der Waals surface area contributed by atoms with Gasteiger partial charge in [0.25, 0.3) is 0 Å². The molecule has 6 heteroatoms. The van der Waals surface area contributed by atoms with Crippen molar-refractivity contribution < 1.29 is 9.53 Å². The minimum atomic E-state index is -0.505. The zero-order valence-electron chi connectivity index (χ0n) is 12.5. The summed E-state index contributed by atoms with van der Waals surface area (Å²) in [5, 5.41) is 0.634. The maximum atomic E-state index is 12.3. The van der Waals surface area contributed by atoms with E-state index in [9.17, 15) is 4.79 Å². The molecule has 116 valence electrons. The van der Waals surface area contributed by atoms with Crippen LogP contribution in [0, 0.1) is 0 Å². The fraction of sp³-hybridized carbons (Fsp3) is 0.533. The van der Waals surface area contributed by atoms with Gasteiger partial charge in [0.2, 0.25) is 0 Å². The van der Waals surface area contributed by atoms with E-state index in [4.69, 9.17) is 22.1 Å². The number of ether oxygens (including phenoxy) is 1. The number of nitrogens with two attached hydrogens (primary N) is 1. The van der Waals surface area contributed by atoms with Gasteiger partial charge in [0.05, 0.1) is 5.02 Å². The second-order valence-corrected chi connectivity index (χ2v) is 7.52. The molecule has 1 aliphatic rings. The highest BCUT2D eigenvalue weighted by Gasteiger charge is 2.27. The highest BCUT2D eigenvalue weighted by atomic mass is 79.9. The number of nitrogens with zero attached hydrogens (tertiary/aromatic N) is 1. The van der Waals surface area contributed by atoms with E-state index in [2.05, 4.69) is 15.9 Å². The van der Waals surface area contributed by atoms with Gasteiger partial charge in [-0.1, -0.05) is 11.6 Å². The Labute approximate surface area is 138 Å². The second-order valence-electron chi connectivity index (χ2n) is 6.26. The van der Waals surface area contributed by atoms with Crippen molar-refractivity contribution in [1.29, 1.82) is 0 Å². The molecule has 0 aromatic heterocycles. The van der Waals surface area contributed by atoms with Gasteiger partial charge < -0.3 is 15.4 Å². The summed E-state index contributed by atoms with van der Waals surface area (Å²) in [4.78, 5) is 14.0. The number of halogens is 2. The van der Waals surface area contributed by atoms with E-state index in [1.54, 1.807) is 4.90 Å². The third kappa shape index (κ3) is 4.11. The summed E-state index contributed by atoms with van der Waals surface area (Å²) >= 11 is 9.56. The molecule has 0 saturated carbocycles. The first-order valence-electron chi connectivity index (χ1n) is 6.88. The molecular formula is C15H20BrClN2O2. The van der Waals surface area contributed by atoms with Crippen LogP contribution in [0.3, 0.4) is 0 Å². The van der Waals surface area contributed by atoms with Crippen LogP contribution in [0.25, 0.3) is 0 Å². The van der Waals surface area contributed by atoms with Gasteiger partial charge in [-0.05, 0) is 66.4 Å². The summed E-state index contributed by atoms with van der Waals surface area (Å²) in [5.41, 5.74) is 7.69. The molecule has 1 aliphatic heterocycles. The number of carbonyl (C=O) groups excluding carboxylic acids is 1. The summed E-state index contributed by atoms with van der Waals surface area (Å²) < 4.78 is 6.25. The van der Waals surface area contributed by atoms with E-state index in [-0.39, 0.29) is 12.1 Å². The topological polar surface area (TPSA) is 55.6 Å². The summed E-state index contributed by atoms with van der Waals surface area (Å²) in [7, 11) is 0. The highest BCUT2D eigenvalue weighted by Crippen LogP contribution is 2.33. The number of fused-ring (bicyclic) bond motifs is 1. The van der Waals surface area contributed by atoms with Gasteiger partial charge in [-0.3, -0.25) is 0 Å². The zero-order valence-corrected chi connectivity index (χ0v) is 14.8. The lowest BCUT2D eigenvalue weighted by Crippen LogP contribution is -2.36. The Bertz CT molecular complexity index is 557. The zero-order chi connectivity index (χ0) is 15.8. The van der Waals surface area contributed by atoms with Gasteiger partial charge in [0, 0.05) is 23.6 Å². The third-order valence-electron chi connectivity index (χ3n) is 3.30. The number of carbonyl (C=O) groups is 1. The Hall–Kier alpha value is -0.780. The van der Waals surface area contributed by atoms with Crippen LogP contribution < -0.4 is 5.73 Å². The molecule has 0 saturated heterocycles. The summed E-state index contributed by atoms with van der Waals surface area (Å²) in [6, 6.07) is 3.68. The summed E-state index contributed by atoms with van der Waals surface area (Å²) in [6.07, 6.45) is 0.373. The number of hydrogen-bond acceptors (Lipinski definition) is 3. The Morgan fingerprint density at radius 2 is 2.14 bits per heavy atom. The number of benzene rings is 1. The van der Waals surface area contributed by atoms with Gasteiger partial charge in [-0.15, -0.1) is 0 Å². The monoisotopic (exact) mass is 374 g/mol. The van der Waals surface area contributed by atoms with E-state index in [1.165, 1.54) is 0 Å². The van der Waals surface area contributed by atoms with E-state index < -0.39 is 5.60 Å². The van der Waals surface area contributed by atoms with Crippen LogP contribution in [0.1, 0.15) is 44.4 Å². The molecule has 1 unspecified atom stereocenters. The molecule has 0 spiro atoms. The van der Waals surface area contributed by atoms with Crippen LogP contribution in [0.2, 0.25) is 5.02 Å². The standard InChI is InChI=1S/C15H20BrClN2O2/c1-15(2,3)21-14(20)19-5-4-13(18)10-7-12(17)11(16)6-9(10)8-19/h6-7,13H,4-5,8,18H2,1-3H3. The van der Waals surface area contributed by atoms with Crippen molar-refractivity contribution in [2.24, 2.45) is 5.73 Å². The number of amides is 1. The van der Waals surface area contributed by atoms with Crippen LogP contribution in [0.4, 0.5) is 4.79 Å². The predicted octanol–water partition coefficient (Wildman–Crippen LogP) is 4.24. The Morgan fingerprint density at radius 3 is 2.76 bits per heavy atom. The second kappa shape index (κ2) is 6.15. The van der Waals surface area contributed by atoms with Crippen LogP contribution in [-0.2, 0) is 11.3 Å². The average molecular weight is 376 g/mol.